The lowest BCUT2D eigenvalue weighted by molar-refractivity contribution is 0.0984. The number of rotatable bonds is 1. The summed E-state index contributed by atoms with van der Waals surface area (Å²) in [5.74, 6) is 0.102. The fourth-order valence-electron chi connectivity index (χ4n) is 2.72. The summed E-state index contributed by atoms with van der Waals surface area (Å²) in [7, 11) is 0. The Morgan fingerprint density at radius 2 is 2.10 bits per heavy atom. The van der Waals surface area contributed by atoms with Gasteiger partial charge in [-0.2, -0.15) is 0 Å². The van der Waals surface area contributed by atoms with Gasteiger partial charge in [0.15, 0.2) is 0 Å². The number of phenols is 1. The summed E-state index contributed by atoms with van der Waals surface area (Å²) in [6.07, 6.45) is 1.81. The maximum Gasteiger partial charge on any atom is 0.258 e. The second-order valence-electron chi connectivity index (χ2n) is 5.31. The molecule has 1 aliphatic heterocycles. The molecule has 3 nitrogen and oxygen atoms in total. The van der Waals surface area contributed by atoms with Crippen molar-refractivity contribution in [2.45, 2.75) is 19.8 Å². The van der Waals surface area contributed by atoms with E-state index in [0.29, 0.717) is 17.8 Å². The highest BCUT2D eigenvalue weighted by Crippen LogP contribution is 2.36. The number of hydrogen-bond acceptors (Lipinski definition) is 2. The Morgan fingerprint density at radius 1 is 1.29 bits per heavy atom. The van der Waals surface area contributed by atoms with Crippen molar-refractivity contribution in [2.75, 3.05) is 11.4 Å². The highest BCUT2D eigenvalue weighted by Gasteiger charge is 2.26. The van der Waals surface area contributed by atoms with Gasteiger partial charge in [-0.05, 0) is 49.1 Å². The molecule has 0 fully saturated rings. The Hall–Kier alpha value is -1.81. The second-order valence-corrected chi connectivity index (χ2v) is 6.16. The summed E-state index contributed by atoms with van der Waals surface area (Å²) in [6.45, 7) is 2.62. The molecule has 3 rings (SSSR count). The van der Waals surface area contributed by atoms with Gasteiger partial charge in [0, 0.05) is 16.6 Å². The molecular formula is C17H16BrNO2. The highest BCUT2D eigenvalue weighted by molar-refractivity contribution is 9.10. The van der Waals surface area contributed by atoms with E-state index < -0.39 is 0 Å². The van der Waals surface area contributed by atoms with E-state index in [1.165, 1.54) is 0 Å². The summed E-state index contributed by atoms with van der Waals surface area (Å²) in [4.78, 5) is 14.5. The van der Waals surface area contributed by atoms with Crippen molar-refractivity contribution in [1.29, 1.82) is 0 Å². The maximum absolute atomic E-state index is 12.8. The van der Waals surface area contributed by atoms with E-state index in [9.17, 15) is 9.90 Å². The normalized spacial score (nSPS) is 13.9. The van der Waals surface area contributed by atoms with E-state index in [2.05, 4.69) is 15.9 Å². The van der Waals surface area contributed by atoms with Gasteiger partial charge in [-0.1, -0.05) is 34.1 Å². The zero-order valence-electron chi connectivity index (χ0n) is 11.8. The van der Waals surface area contributed by atoms with Crippen LogP contribution in [0, 0.1) is 6.92 Å². The van der Waals surface area contributed by atoms with E-state index in [1.807, 2.05) is 37.3 Å². The zero-order chi connectivity index (χ0) is 15.0. The Bertz CT molecular complexity index is 712. The molecule has 0 saturated heterocycles. The van der Waals surface area contributed by atoms with Gasteiger partial charge in [-0.3, -0.25) is 4.79 Å². The monoisotopic (exact) mass is 345 g/mol. The molecule has 0 radical (unpaired) electrons. The van der Waals surface area contributed by atoms with Gasteiger partial charge < -0.3 is 10.0 Å². The number of carbonyl (C=O) groups excluding carboxylic acids is 1. The molecule has 0 aromatic heterocycles. The van der Waals surface area contributed by atoms with Crippen LogP contribution in [-0.2, 0) is 6.42 Å². The average molecular weight is 346 g/mol. The number of fused-ring (bicyclic) bond motifs is 1. The summed E-state index contributed by atoms with van der Waals surface area (Å²) in [5.41, 5.74) is 3.41. The topological polar surface area (TPSA) is 40.5 Å². The van der Waals surface area contributed by atoms with E-state index in [0.717, 1.165) is 28.4 Å². The largest absolute Gasteiger partial charge is 0.506 e. The molecule has 0 unspecified atom stereocenters. The first-order valence-electron chi connectivity index (χ1n) is 6.97. The van der Waals surface area contributed by atoms with Crippen LogP contribution in [0.5, 0.6) is 5.75 Å². The number of amides is 1. The number of nitrogens with zero attached hydrogens (tertiary/aromatic N) is 1. The minimum absolute atomic E-state index is 0.0712. The Kier molecular flexibility index (Phi) is 3.72. The number of aromatic hydroxyl groups is 1. The lowest BCUT2D eigenvalue weighted by Gasteiger charge is -2.30. The van der Waals surface area contributed by atoms with Crippen LogP contribution in [0.15, 0.2) is 40.9 Å². The van der Waals surface area contributed by atoms with Crippen molar-refractivity contribution in [3.05, 3.63) is 57.6 Å². The van der Waals surface area contributed by atoms with Gasteiger partial charge in [-0.15, -0.1) is 0 Å². The summed E-state index contributed by atoms with van der Waals surface area (Å²) < 4.78 is 0.919. The third-order valence-electron chi connectivity index (χ3n) is 3.86. The first-order chi connectivity index (χ1) is 10.1. The van der Waals surface area contributed by atoms with Crippen LogP contribution in [0.2, 0.25) is 0 Å². The fourth-order valence-corrected chi connectivity index (χ4v) is 3.09. The number of para-hydroxylation sites is 1. The minimum Gasteiger partial charge on any atom is -0.506 e. The summed E-state index contributed by atoms with van der Waals surface area (Å²) in [5, 5.41) is 10.1. The van der Waals surface area contributed by atoms with E-state index in [4.69, 9.17) is 0 Å². The van der Waals surface area contributed by atoms with Crippen LogP contribution < -0.4 is 4.90 Å². The van der Waals surface area contributed by atoms with E-state index >= 15 is 0 Å². The molecule has 4 heteroatoms. The minimum atomic E-state index is -0.0712. The predicted molar refractivity (Wildman–Crippen MR) is 87.0 cm³/mol. The van der Waals surface area contributed by atoms with Crippen LogP contribution in [0.4, 0.5) is 5.69 Å². The molecule has 1 heterocycles. The van der Waals surface area contributed by atoms with E-state index in [-0.39, 0.29) is 11.7 Å². The first kappa shape index (κ1) is 14.1. The SMILES string of the molecule is Cc1ccc(C(=O)N2CCCc3cccc(O)c32)cc1Br. The molecule has 2 aromatic carbocycles. The molecule has 108 valence electrons. The van der Waals surface area contributed by atoms with Crippen LogP contribution in [0.3, 0.4) is 0 Å². The Balaban J connectivity index is 2.02. The number of aryl methyl sites for hydroxylation is 2. The molecule has 0 atom stereocenters. The second kappa shape index (κ2) is 5.53. The Morgan fingerprint density at radius 3 is 2.86 bits per heavy atom. The molecular weight excluding hydrogens is 330 g/mol. The molecule has 0 aliphatic carbocycles. The Labute approximate surface area is 132 Å². The van der Waals surface area contributed by atoms with Crippen molar-refractivity contribution >= 4 is 27.5 Å². The van der Waals surface area contributed by atoms with Crippen molar-refractivity contribution in [3.63, 3.8) is 0 Å². The molecule has 1 amide bonds. The van der Waals surface area contributed by atoms with Crippen molar-refractivity contribution < 1.29 is 9.90 Å². The molecule has 1 N–H and O–H groups in total. The van der Waals surface area contributed by atoms with Gasteiger partial charge in [0.1, 0.15) is 5.75 Å². The maximum atomic E-state index is 12.8. The van der Waals surface area contributed by atoms with Gasteiger partial charge in [0.2, 0.25) is 0 Å². The number of halogens is 1. The number of hydrogen-bond donors (Lipinski definition) is 1. The van der Waals surface area contributed by atoms with Gasteiger partial charge in [0.05, 0.1) is 5.69 Å². The van der Waals surface area contributed by atoms with Gasteiger partial charge in [0.25, 0.3) is 5.91 Å². The van der Waals surface area contributed by atoms with Crippen LogP contribution in [0.25, 0.3) is 0 Å². The first-order valence-corrected chi connectivity index (χ1v) is 7.76. The van der Waals surface area contributed by atoms with E-state index in [1.54, 1.807) is 11.0 Å². The number of anilines is 1. The smallest absolute Gasteiger partial charge is 0.258 e. The number of phenolic OH excluding ortho intramolecular Hbond substituents is 1. The number of benzene rings is 2. The molecule has 1 aliphatic rings. The quantitative estimate of drug-likeness (QED) is 0.846. The zero-order valence-corrected chi connectivity index (χ0v) is 13.4. The lowest BCUT2D eigenvalue weighted by atomic mass is 10.00. The number of carbonyl (C=O) groups is 1. The molecule has 21 heavy (non-hydrogen) atoms. The third kappa shape index (κ3) is 2.56. The predicted octanol–water partition coefficient (Wildman–Crippen LogP) is 4.06. The summed E-state index contributed by atoms with van der Waals surface area (Å²) in [6, 6.07) is 11.0. The van der Waals surface area contributed by atoms with Crippen LogP contribution in [-0.4, -0.2) is 17.6 Å². The molecule has 0 saturated carbocycles. The molecule has 2 aromatic rings. The highest BCUT2D eigenvalue weighted by atomic mass is 79.9. The summed E-state index contributed by atoms with van der Waals surface area (Å²) >= 11 is 3.46. The average Bonchev–Trinajstić information content (AvgIpc) is 2.49. The molecule has 0 bridgehead atoms. The van der Waals surface area contributed by atoms with Gasteiger partial charge >= 0.3 is 0 Å². The lowest BCUT2D eigenvalue weighted by Crippen LogP contribution is -2.35. The molecule has 0 spiro atoms. The third-order valence-corrected chi connectivity index (χ3v) is 4.71. The van der Waals surface area contributed by atoms with Gasteiger partial charge in [-0.25, -0.2) is 0 Å². The van der Waals surface area contributed by atoms with Crippen molar-refractivity contribution in [3.8, 4) is 5.75 Å². The fraction of sp³-hybridized carbons (Fsp3) is 0.235. The van der Waals surface area contributed by atoms with Crippen LogP contribution >= 0.6 is 15.9 Å². The van der Waals surface area contributed by atoms with Crippen LogP contribution in [0.1, 0.15) is 27.9 Å². The standard InChI is InChI=1S/C17H16BrNO2/c1-11-7-8-13(10-14(11)18)17(21)19-9-3-5-12-4-2-6-15(20)16(12)19/h2,4,6-8,10,20H,3,5,9H2,1H3. The van der Waals surface area contributed by atoms with Crippen molar-refractivity contribution in [1.82, 2.24) is 0 Å². The van der Waals surface area contributed by atoms with Crippen molar-refractivity contribution in [2.24, 2.45) is 0 Å².